The monoisotopic (exact) mass is 336 g/mol. The van der Waals surface area contributed by atoms with E-state index in [1.807, 2.05) is 0 Å². The van der Waals surface area contributed by atoms with Crippen LogP contribution in [-0.4, -0.2) is 41.1 Å². The van der Waals surface area contributed by atoms with E-state index in [-0.39, 0.29) is 11.8 Å². The highest BCUT2D eigenvalue weighted by atomic mass is 35.5. The van der Waals surface area contributed by atoms with E-state index >= 15 is 0 Å². The van der Waals surface area contributed by atoms with E-state index in [4.69, 9.17) is 16.9 Å². The molecule has 1 aromatic rings. The molecule has 0 amide bonds. The Labute approximate surface area is 143 Å². The Morgan fingerprint density at radius 2 is 1.61 bits per heavy atom. The highest BCUT2D eigenvalue weighted by molar-refractivity contribution is 6.28. The largest absolute Gasteiger partial charge is 0.340 e. The van der Waals surface area contributed by atoms with Crippen LogP contribution >= 0.6 is 11.6 Å². The van der Waals surface area contributed by atoms with Gasteiger partial charge in [-0.15, -0.1) is 6.58 Å². The molecule has 1 aromatic heterocycles. The SMILES string of the molecule is C=CCN(CC#N)c1nc(Cl)nc(N(CC(C)C)CC(C)C)n1. The Kier molecular flexibility index (Phi) is 7.76. The fraction of sp³-hybridized carbons (Fsp3) is 0.625. The number of rotatable bonds is 9. The lowest BCUT2D eigenvalue weighted by Gasteiger charge is -2.27. The molecule has 7 heteroatoms. The first kappa shape index (κ1) is 19.2. The first-order valence-corrected chi connectivity index (χ1v) is 8.14. The van der Waals surface area contributed by atoms with Crippen molar-refractivity contribution < 1.29 is 0 Å². The number of nitrogens with zero attached hydrogens (tertiary/aromatic N) is 6. The minimum Gasteiger partial charge on any atom is -0.340 e. The summed E-state index contributed by atoms with van der Waals surface area (Å²) in [6.07, 6.45) is 1.70. The van der Waals surface area contributed by atoms with Crippen LogP contribution in [0, 0.1) is 23.2 Å². The summed E-state index contributed by atoms with van der Waals surface area (Å²) in [7, 11) is 0. The zero-order valence-electron chi connectivity index (χ0n) is 14.3. The zero-order valence-corrected chi connectivity index (χ0v) is 15.1. The number of aromatic nitrogens is 3. The molecule has 0 aliphatic heterocycles. The van der Waals surface area contributed by atoms with Crippen molar-refractivity contribution in [3.63, 3.8) is 0 Å². The standard InChI is InChI=1S/C16H25ClN6/c1-6-8-22(9-7-18)15-19-14(17)20-16(21-15)23(10-12(2)3)11-13(4)5/h6,12-13H,1,8-11H2,2-5H3. The molecule has 0 radical (unpaired) electrons. The topological polar surface area (TPSA) is 68.9 Å². The predicted molar refractivity (Wildman–Crippen MR) is 94.7 cm³/mol. The molecule has 0 aliphatic carbocycles. The molecule has 0 aromatic carbocycles. The maximum Gasteiger partial charge on any atom is 0.232 e. The maximum atomic E-state index is 8.97. The lowest BCUT2D eigenvalue weighted by molar-refractivity contribution is 0.543. The number of hydrogen-bond acceptors (Lipinski definition) is 6. The highest BCUT2D eigenvalue weighted by Crippen LogP contribution is 2.19. The van der Waals surface area contributed by atoms with Crippen molar-refractivity contribution in [2.24, 2.45) is 11.8 Å². The quantitative estimate of drug-likeness (QED) is 0.509. The first-order chi connectivity index (χ1) is 10.9. The predicted octanol–water partition coefficient (Wildman–Crippen LogP) is 3.16. The van der Waals surface area contributed by atoms with Gasteiger partial charge in [0.1, 0.15) is 6.54 Å². The van der Waals surface area contributed by atoms with Crippen LogP contribution in [0.5, 0.6) is 0 Å². The Hall–Kier alpha value is -1.87. The average Bonchev–Trinajstić information content (AvgIpc) is 2.44. The van der Waals surface area contributed by atoms with Crippen LogP contribution in [-0.2, 0) is 0 Å². The smallest absolute Gasteiger partial charge is 0.232 e. The van der Waals surface area contributed by atoms with Gasteiger partial charge in [-0.05, 0) is 23.4 Å². The molecule has 0 N–H and O–H groups in total. The van der Waals surface area contributed by atoms with Gasteiger partial charge in [0.15, 0.2) is 0 Å². The van der Waals surface area contributed by atoms with Gasteiger partial charge in [-0.2, -0.15) is 20.2 Å². The molecule has 0 atom stereocenters. The van der Waals surface area contributed by atoms with Crippen molar-refractivity contribution in [2.75, 3.05) is 36.0 Å². The van der Waals surface area contributed by atoms with Gasteiger partial charge in [0.05, 0.1) is 6.07 Å². The third kappa shape index (κ3) is 6.41. The zero-order chi connectivity index (χ0) is 17.4. The van der Waals surface area contributed by atoms with Crippen LogP contribution in [0.15, 0.2) is 12.7 Å². The first-order valence-electron chi connectivity index (χ1n) is 7.76. The third-order valence-corrected chi connectivity index (χ3v) is 3.10. The van der Waals surface area contributed by atoms with Crippen LogP contribution in [0.3, 0.4) is 0 Å². The molecule has 23 heavy (non-hydrogen) atoms. The lowest BCUT2D eigenvalue weighted by atomic mass is 10.1. The molecule has 6 nitrogen and oxygen atoms in total. The molecule has 1 heterocycles. The Morgan fingerprint density at radius 3 is 2.04 bits per heavy atom. The summed E-state index contributed by atoms with van der Waals surface area (Å²) in [5.41, 5.74) is 0. The van der Waals surface area contributed by atoms with Gasteiger partial charge in [-0.25, -0.2) is 0 Å². The summed E-state index contributed by atoms with van der Waals surface area (Å²) in [5, 5.41) is 9.10. The number of hydrogen-bond donors (Lipinski definition) is 0. The summed E-state index contributed by atoms with van der Waals surface area (Å²) in [6.45, 7) is 14.6. The summed E-state index contributed by atoms with van der Waals surface area (Å²) in [4.78, 5) is 16.8. The van der Waals surface area contributed by atoms with E-state index in [1.165, 1.54) is 0 Å². The van der Waals surface area contributed by atoms with Gasteiger partial charge in [0.25, 0.3) is 0 Å². The highest BCUT2D eigenvalue weighted by Gasteiger charge is 2.18. The summed E-state index contributed by atoms with van der Waals surface area (Å²) < 4.78 is 0. The Bertz CT molecular complexity index is 542. The van der Waals surface area contributed by atoms with Crippen LogP contribution in [0.2, 0.25) is 5.28 Å². The van der Waals surface area contributed by atoms with E-state index in [2.05, 4.69) is 60.2 Å². The Morgan fingerprint density at radius 1 is 1.09 bits per heavy atom. The summed E-state index contributed by atoms with van der Waals surface area (Å²) >= 11 is 6.09. The molecule has 0 bridgehead atoms. The second-order valence-corrected chi connectivity index (χ2v) is 6.56. The molecule has 0 fully saturated rings. The molecular formula is C16H25ClN6. The third-order valence-electron chi connectivity index (χ3n) is 2.93. The maximum absolute atomic E-state index is 8.97. The van der Waals surface area contributed by atoms with Gasteiger partial charge in [-0.3, -0.25) is 0 Å². The van der Waals surface area contributed by atoms with Crippen LogP contribution in [0.1, 0.15) is 27.7 Å². The molecule has 0 aliphatic rings. The lowest BCUT2D eigenvalue weighted by Crippen LogP contribution is -2.34. The van der Waals surface area contributed by atoms with Crippen molar-refractivity contribution in [3.8, 4) is 6.07 Å². The average molecular weight is 337 g/mol. The molecule has 0 saturated heterocycles. The van der Waals surface area contributed by atoms with Gasteiger partial charge >= 0.3 is 0 Å². The minimum atomic E-state index is 0.134. The van der Waals surface area contributed by atoms with Crippen molar-refractivity contribution >= 4 is 23.5 Å². The van der Waals surface area contributed by atoms with Gasteiger partial charge in [0, 0.05) is 19.6 Å². The van der Waals surface area contributed by atoms with Gasteiger partial charge in [0.2, 0.25) is 17.2 Å². The fourth-order valence-electron chi connectivity index (χ4n) is 2.19. The van der Waals surface area contributed by atoms with E-state index < -0.39 is 0 Å². The van der Waals surface area contributed by atoms with E-state index in [0.717, 1.165) is 13.1 Å². The summed E-state index contributed by atoms with van der Waals surface area (Å²) in [5.74, 6) is 1.89. The number of halogens is 1. The van der Waals surface area contributed by atoms with E-state index in [0.29, 0.717) is 30.3 Å². The summed E-state index contributed by atoms with van der Waals surface area (Å²) in [6, 6.07) is 2.10. The number of nitriles is 1. The molecule has 0 spiro atoms. The van der Waals surface area contributed by atoms with E-state index in [9.17, 15) is 0 Å². The molecular weight excluding hydrogens is 312 g/mol. The van der Waals surface area contributed by atoms with Crippen molar-refractivity contribution in [3.05, 3.63) is 17.9 Å². The normalized spacial score (nSPS) is 10.7. The fourth-order valence-corrected chi connectivity index (χ4v) is 2.34. The molecule has 1 rings (SSSR count). The van der Waals surface area contributed by atoms with Crippen molar-refractivity contribution in [1.29, 1.82) is 5.26 Å². The van der Waals surface area contributed by atoms with Crippen LogP contribution in [0.25, 0.3) is 0 Å². The van der Waals surface area contributed by atoms with Gasteiger partial charge in [-0.1, -0.05) is 33.8 Å². The van der Waals surface area contributed by atoms with Crippen LogP contribution < -0.4 is 9.80 Å². The minimum absolute atomic E-state index is 0.134. The van der Waals surface area contributed by atoms with Crippen molar-refractivity contribution in [1.82, 2.24) is 15.0 Å². The molecule has 126 valence electrons. The molecule has 0 unspecified atom stereocenters. The Balaban J connectivity index is 3.18. The van der Waals surface area contributed by atoms with E-state index in [1.54, 1.807) is 11.0 Å². The van der Waals surface area contributed by atoms with Gasteiger partial charge < -0.3 is 9.80 Å². The van der Waals surface area contributed by atoms with Crippen molar-refractivity contribution in [2.45, 2.75) is 27.7 Å². The second kappa shape index (κ2) is 9.31. The molecule has 0 saturated carbocycles. The second-order valence-electron chi connectivity index (χ2n) is 6.22. The number of anilines is 2. The van der Waals surface area contributed by atoms with Crippen LogP contribution in [0.4, 0.5) is 11.9 Å².